The Kier molecular flexibility index (Phi) is 11.8. The normalized spacial score (nSPS) is 14.6. The van der Waals surface area contributed by atoms with Gasteiger partial charge in [0, 0.05) is 6.61 Å². The maximum atomic E-state index is 9.66. The molecule has 0 saturated carbocycles. The van der Waals surface area contributed by atoms with Gasteiger partial charge >= 0.3 is 8.56 Å². The molecule has 180 valence electrons. The minimum absolute atomic E-state index is 0.231. The molecule has 0 aliphatic heterocycles. The zero-order valence-corrected chi connectivity index (χ0v) is 22.0. The minimum Gasteiger partial charge on any atom is -0.387 e. The standard InChI is InChI=1S/C30H39NO2Si/c1-6-25(4)16-15-17-26(5)30(22-23-31)33-34(28-18-11-9-12-19-28,29-20-13-10-14-21-29)32-24-27(7-2)8-3/h6-7,9-14,17-21,25,27,30H,1-2,8,15-16,22,24H2,3-5H3/b26-17+/t25-,27-,30-/m0/s1. The SMILES string of the molecule is C=C[C@@H](CC)CO[Si](O[C@@H](CC#N)/C(C)=C/CC[C@@H](C)C=C)(c1ccccc1)c1ccccc1. The van der Waals surface area contributed by atoms with Crippen molar-refractivity contribution in [2.24, 2.45) is 11.8 Å². The third-order valence-electron chi connectivity index (χ3n) is 6.25. The topological polar surface area (TPSA) is 42.2 Å². The average molecular weight is 474 g/mol. The lowest BCUT2D eigenvalue weighted by atomic mass is 10.0. The Morgan fingerprint density at radius 3 is 2.09 bits per heavy atom. The number of hydrogen-bond acceptors (Lipinski definition) is 3. The lowest BCUT2D eigenvalue weighted by Crippen LogP contribution is -2.65. The third-order valence-corrected chi connectivity index (χ3v) is 9.63. The molecule has 0 spiro atoms. The van der Waals surface area contributed by atoms with E-state index in [9.17, 15) is 5.26 Å². The van der Waals surface area contributed by atoms with E-state index in [0.717, 1.165) is 35.2 Å². The van der Waals surface area contributed by atoms with Crippen LogP contribution in [0.15, 0.2) is 97.6 Å². The highest BCUT2D eigenvalue weighted by atomic mass is 28.4. The first-order chi connectivity index (χ1) is 16.5. The van der Waals surface area contributed by atoms with Crippen LogP contribution in [0.25, 0.3) is 0 Å². The zero-order chi connectivity index (χ0) is 24.8. The number of benzene rings is 2. The predicted octanol–water partition coefficient (Wildman–Crippen LogP) is 6.32. The van der Waals surface area contributed by atoms with E-state index in [-0.39, 0.29) is 18.4 Å². The van der Waals surface area contributed by atoms with Gasteiger partial charge < -0.3 is 8.85 Å². The molecule has 0 amide bonds. The zero-order valence-electron chi connectivity index (χ0n) is 21.0. The average Bonchev–Trinajstić information content (AvgIpc) is 2.88. The van der Waals surface area contributed by atoms with Gasteiger partial charge in [-0.25, -0.2) is 0 Å². The molecular weight excluding hydrogens is 434 g/mol. The molecule has 0 aliphatic carbocycles. The van der Waals surface area contributed by atoms with Crippen molar-refractivity contribution in [3.63, 3.8) is 0 Å². The first-order valence-electron chi connectivity index (χ1n) is 12.2. The van der Waals surface area contributed by atoms with Crippen LogP contribution in [-0.2, 0) is 8.85 Å². The van der Waals surface area contributed by atoms with E-state index in [1.807, 2.05) is 48.6 Å². The molecule has 2 aromatic carbocycles. The summed E-state index contributed by atoms with van der Waals surface area (Å²) < 4.78 is 13.8. The van der Waals surface area contributed by atoms with Gasteiger partial charge in [-0.15, -0.1) is 13.2 Å². The van der Waals surface area contributed by atoms with Crippen LogP contribution in [0.3, 0.4) is 0 Å². The lowest BCUT2D eigenvalue weighted by molar-refractivity contribution is 0.142. The molecular formula is C30H39NO2Si. The smallest absolute Gasteiger partial charge is 0.387 e. The number of hydrogen-bond donors (Lipinski definition) is 0. The molecule has 34 heavy (non-hydrogen) atoms. The molecule has 0 unspecified atom stereocenters. The van der Waals surface area contributed by atoms with Crippen LogP contribution < -0.4 is 10.4 Å². The molecule has 0 aliphatic rings. The Balaban J connectivity index is 2.53. The van der Waals surface area contributed by atoms with Crippen molar-refractivity contribution in [2.45, 2.75) is 52.6 Å². The molecule has 0 saturated heterocycles. The first-order valence-corrected chi connectivity index (χ1v) is 14.0. The number of nitriles is 1. The van der Waals surface area contributed by atoms with Crippen LogP contribution in [0.2, 0.25) is 0 Å². The Morgan fingerprint density at radius 1 is 1.03 bits per heavy atom. The van der Waals surface area contributed by atoms with Crippen molar-refractivity contribution in [1.82, 2.24) is 0 Å². The monoisotopic (exact) mass is 473 g/mol. The Hall–Kier alpha value is -2.71. The van der Waals surface area contributed by atoms with Gasteiger partial charge in [-0.1, -0.05) is 92.7 Å². The van der Waals surface area contributed by atoms with E-state index >= 15 is 0 Å². The minimum atomic E-state index is -3.13. The molecule has 4 heteroatoms. The van der Waals surface area contributed by atoms with Crippen LogP contribution in [0.4, 0.5) is 0 Å². The second-order valence-corrected chi connectivity index (χ2v) is 11.7. The van der Waals surface area contributed by atoms with Gasteiger partial charge in [-0.05, 0) is 54.0 Å². The van der Waals surface area contributed by atoms with E-state index in [1.165, 1.54) is 0 Å². The van der Waals surface area contributed by atoms with Crippen LogP contribution >= 0.6 is 0 Å². The second kappa shape index (κ2) is 14.5. The highest BCUT2D eigenvalue weighted by Crippen LogP contribution is 2.22. The Labute approximate surface area is 207 Å². The summed E-state index contributed by atoms with van der Waals surface area (Å²) in [5.41, 5.74) is 1.07. The maximum absolute atomic E-state index is 9.66. The molecule has 0 fully saturated rings. The summed E-state index contributed by atoms with van der Waals surface area (Å²) in [6, 6.07) is 22.8. The fourth-order valence-corrected chi connectivity index (χ4v) is 7.19. The Morgan fingerprint density at radius 2 is 1.62 bits per heavy atom. The molecule has 2 aromatic rings. The van der Waals surface area contributed by atoms with Crippen molar-refractivity contribution < 1.29 is 8.85 Å². The lowest BCUT2D eigenvalue weighted by Gasteiger charge is -2.36. The van der Waals surface area contributed by atoms with Crippen LogP contribution in [-0.4, -0.2) is 21.3 Å². The quantitative estimate of drug-likeness (QED) is 0.224. The maximum Gasteiger partial charge on any atom is 0.407 e. The van der Waals surface area contributed by atoms with E-state index < -0.39 is 8.56 Å². The highest BCUT2D eigenvalue weighted by Gasteiger charge is 2.45. The van der Waals surface area contributed by atoms with Crippen molar-refractivity contribution >= 4 is 18.9 Å². The molecule has 2 rings (SSSR count). The third kappa shape index (κ3) is 7.67. The van der Waals surface area contributed by atoms with Gasteiger partial charge in [0.1, 0.15) is 0 Å². The van der Waals surface area contributed by atoms with Crippen LogP contribution in [0.1, 0.15) is 46.5 Å². The first kappa shape index (κ1) is 27.5. The van der Waals surface area contributed by atoms with Gasteiger partial charge in [-0.2, -0.15) is 5.26 Å². The molecule has 0 heterocycles. The molecule has 3 atom stereocenters. The van der Waals surface area contributed by atoms with Crippen molar-refractivity contribution in [1.29, 1.82) is 5.26 Å². The molecule has 0 aromatic heterocycles. The summed E-state index contributed by atoms with van der Waals surface area (Å²) >= 11 is 0. The summed E-state index contributed by atoms with van der Waals surface area (Å²) in [5.74, 6) is 0.684. The van der Waals surface area contributed by atoms with Crippen LogP contribution in [0, 0.1) is 23.2 Å². The summed E-state index contributed by atoms with van der Waals surface area (Å²) in [6.45, 7) is 14.8. The van der Waals surface area contributed by atoms with E-state index in [2.05, 4.69) is 70.3 Å². The van der Waals surface area contributed by atoms with Crippen molar-refractivity contribution in [2.75, 3.05) is 6.61 Å². The highest BCUT2D eigenvalue weighted by molar-refractivity contribution is 6.92. The molecule has 0 bridgehead atoms. The van der Waals surface area contributed by atoms with E-state index in [0.29, 0.717) is 12.5 Å². The number of nitrogens with zero attached hydrogens (tertiary/aromatic N) is 1. The van der Waals surface area contributed by atoms with Gasteiger partial charge in [0.15, 0.2) is 0 Å². The molecule has 0 radical (unpaired) electrons. The summed E-state index contributed by atoms with van der Waals surface area (Å²) in [4.78, 5) is 0. The molecule has 3 nitrogen and oxygen atoms in total. The van der Waals surface area contributed by atoms with E-state index in [4.69, 9.17) is 8.85 Å². The van der Waals surface area contributed by atoms with Crippen molar-refractivity contribution in [3.8, 4) is 6.07 Å². The van der Waals surface area contributed by atoms with E-state index in [1.54, 1.807) is 0 Å². The van der Waals surface area contributed by atoms with Crippen molar-refractivity contribution in [3.05, 3.63) is 97.6 Å². The van der Waals surface area contributed by atoms with Gasteiger partial charge in [0.2, 0.25) is 0 Å². The van der Waals surface area contributed by atoms with Gasteiger partial charge in [0.05, 0.1) is 18.6 Å². The fourth-order valence-electron chi connectivity index (χ4n) is 3.80. The Bertz CT molecular complexity index is 909. The number of allylic oxidation sites excluding steroid dienone is 2. The summed E-state index contributed by atoms with van der Waals surface area (Å²) in [7, 11) is -3.13. The second-order valence-electron chi connectivity index (χ2n) is 8.77. The predicted molar refractivity (Wildman–Crippen MR) is 145 cm³/mol. The van der Waals surface area contributed by atoms with Gasteiger partial charge in [0.25, 0.3) is 0 Å². The number of rotatable bonds is 15. The largest absolute Gasteiger partial charge is 0.407 e. The van der Waals surface area contributed by atoms with Gasteiger partial charge in [-0.3, -0.25) is 0 Å². The fraction of sp³-hybridized carbons (Fsp3) is 0.367. The summed E-state index contributed by atoms with van der Waals surface area (Å²) in [6.07, 6.45) is 8.95. The van der Waals surface area contributed by atoms with Crippen LogP contribution in [0.5, 0.6) is 0 Å². The summed E-state index contributed by atoms with van der Waals surface area (Å²) in [5, 5.41) is 11.7. The molecule has 0 N–H and O–H groups in total.